The lowest BCUT2D eigenvalue weighted by Crippen LogP contribution is -2.49. The van der Waals surface area contributed by atoms with Crippen molar-refractivity contribution in [2.45, 2.75) is 18.5 Å². The Morgan fingerprint density at radius 2 is 1.78 bits per heavy atom. The van der Waals surface area contributed by atoms with Crippen LogP contribution in [0.3, 0.4) is 0 Å². The maximum absolute atomic E-state index is 11.7. The molecule has 0 saturated heterocycles. The number of carbonyl (C=O) groups excluding carboxylic acids is 2. The van der Waals surface area contributed by atoms with E-state index in [2.05, 4.69) is 10.6 Å². The van der Waals surface area contributed by atoms with Gasteiger partial charge in [-0.05, 0) is 17.7 Å². The molecule has 2 amide bonds. The predicted octanol–water partition coefficient (Wildman–Crippen LogP) is -2.06. The van der Waals surface area contributed by atoms with Crippen molar-refractivity contribution in [3.8, 4) is 5.75 Å². The third-order valence-corrected chi connectivity index (χ3v) is 2.97. The van der Waals surface area contributed by atoms with Crippen molar-refractivity contribution in [1.82, 2.24) is 10.6 Å². The highest BCUT2D eigenvalue weighted by Gasteiger charge is 2.21. The number of rotatable bonds is 8. The van der Waals surface area contributed by atoms with E-state index in [-0.39, 0.29) is 12.2 Å². The summed E-state index contributed by atoms with van der Waals surface area (Å²) in [5.41, 5.74) is 5.87. The van der Waals surface area contributed by atoms with E-state index >= 15 is 0 Å². The summed E-state index contributed by atoms with van der Waals surface area (Å²) in [5, 5.41) is 31.5. The third-order valence-electron chi connectivity index (χ3n) is 2.97. The number of aromatic hydroxyl groups is 1. The zero-order chi connectivity index (χ0) is 17.4. The van der Waals surface area contributed by atoms with Crippen molar-refractivity contribution in [3.05, 3.63) is 29.8 Å². The molecule has 0 aliphatic rings. The molecule has 0 aliphatic heterocycles. The van der Waals surface area contributed by atoms with Crippen LogP contribution in [-0.2, 0) is 20.8 Å². The van der Waals surface area contributed by atoms with Gasteiger partial charge in [0, 0.05) is 6.42 Å². The molecule has 0 radical (unpaired) electrons. The molecule has 9 nitrogen and oxygen atoms in total. The summed E-state index contributed by atoms with van der Waals surface area (Å²) in [5.74, 6) is -2.60. The van der Waals surface area contributed by atoms with Crippen LogP contribution in [-0.4, -0.2) is 58.3 Å². The Labute approximate surface area is 132 Å². The van der Waals surface area contributed by atoms with Crippen LogP contribution in [0.1, 0.15) is 5.56 Å². The van der Waals surface area contributed by atoms with Gasteiger partial charge in [-0.25, -0.2) is 4.79 Å². The molecule has 7 N–H and O–H groups in total. The third kappa shape index (κ3) is 6.32. The topological polar surface area (TPSA) is 162 Å². The minimum atomic E-state index is -1.23. The monoisotopic (exact) mass is 325 g/mol. The smallest absolute Gasteiger partial charge is 0.326 e. The maximum atomic E-state index is 11.7. The fourth-order valence-electron chi connectivity index (χ4n) is 1.69. The Hall–Kier alpha value is -2.65. The number of amides is 2. The molecule has 0 aromatic heterocycles. The van der Waals surface area contributed by atoms with Crippen molar-refractivity contribution < 1.29 is 29.7 Å². The van der Waals surface area contributed by atoms with E-state index < -0.39 is 43.0 Å². The number of hydrogen-bond donors (Lipinski definition) is 6. The highest BCUT2D eigenvalue weighted by Crippen LogP contribution is 2.11. The molecule has 1 rings (SSSR count). The van der Waals surface area contributed by atoms with Gasteiger partial charge in [-0.15, -0.1) is 0 Å². The molecule has 23 heavy (non-hydrogen) atoms. The summed E-state index contributed by atoms with van der Waals surface area (Å²) in [6.45, 7) is -1.02. The lowest BCUT2D eigenvalue weighted by Gasteiger charge is -2.15. The first-order chi connectivity index (χ1) is 10.8. The number of phenolic OH excluding ortho intramolecular Hbond substituents is 1. The van der Waals surface area contributed by atoms with Crippen LogP contribution in [0.25, 0.3) is 0 Å². The molecule has 0 heterocycles. The van der Waals surface area contributed by atoms with Crippen molar-refractivity contribution in [3.63, 3.8) is 0 Å². The van der Waals surface area contributed by atoms with Gasteiger partial charge in [0.25, 0.3) is 0 Å². The molecule has 0 saturated carbocycles. The summed E-state index contributed by atoms with van der Waals surface area (Å²) in [4.78, 5) is 34.2. The Kier molecular flexibility index (Phi) is 6.97. The van der Waals surface area contributed by atoms with Gasteiger partial charge in [-0.2, -0.15) is 0 Å². The van der Waals surface area contributed by atoms with Gasteiger partial charge in [0.05, 0.1) is 13.2 Å². The zero-order valence-electron chi connectivity index (χ0n) is 12.2. The highest BCUT2D eigenvalue weighted by atomic mass is 16.4. The van der Waals surface area contributed by atoms with Gasteiger partial charge in [0.2, 0.25) is 11.8 Å². The van der Waals surface area contributed by atoms with E-state index in [1.807, 2.05) is 0 Å². The molecule has 0 aliphatic carbocycles. The Morgan fingerprint density at radius 3 is 2.30 bits per heavy atom. The first kappa shape index (κ1) is 18.4. The summed E-state index contributed by atoms with van der Waals surface area (Å²) in [7, 11) is 0. The summed E-state index contributed by atoms with van der Waals surface area (Å²) >= 11 is 0. The number of carboxylic acids is 1. The van der Waals surface area contributed by atoms with E-state index in [0.717, 1.165) is 0 Å². The second kappa shape index (κ2) is 8.71. The number of carbonyl (C=O) groups is 3. The fourth-order valence-corrected chi connectivity index (χ4v) is 1.69. The van der Waals surface area contributed by atoms with Crippen molar-refractivity contribution in [2.24, 2.45) is 5.73 Å². The van der Waals surface area contributed by atoms with E-state index in [0.29, 0.717) is 5.56 Å². The number of nitrogens with one attached hydrogen (secondary N) is 2. The number of aliphatic carboxylic acids is 1. The van der Waals surface area contributed by atoms with Gasteiger partial charge in [-0.3, -0.25) is 9.59 Å². The quantitative estimate of drug-likeness (QED) is 0.320. The van der Waals surface area contributed by atoms with Crippen LogP contribution in [0.5, 0.6) is 5.75 Å². The van der Waals surface area contributed by atoms with E-state index in [4.69, 9.17) is 15.9 Å². The normalized spacial score (nSPS) is 13.0. The lowest BCUT2D eigenvalue weighted by molar-refractivity contribution is -0.141. The van der Waals surface area contributed by atoms with Gasteiger partial charge in [0.15, 0.2) is 0 Å². The molecule has 126 valence electrons. The first-order valence-electron chi connectivity index (χ1n) is 6.77. The molecule has 1 aromatic rings. The maximum Gasteiger partial charge on any atom is 0.326 e. The second-order valence-electron chi connectivity index (χ2n) is 4.84. The molecule has 0 bridgehead atoms. The summed E-state index contributed by atoms with van der Waals surface area (Å²) < 4.78 is 0. The summed E-state index contributed by atoms with van der Waals surface area (Å²) in [6.07, 6.45) is 0.0193. The largest absolute Gasteiger partial charge is 0.508 e. The SMILES string of the molecule is NC(CO)C(=O)NCC(=O)NC(Cc1ccc(O)cc1)C(=O)O. The zero-order valence-corrected chi connectivity index (χ0v) is 12.2. The molecule has 2 atom stereocenters. The fraction of sp³-hybridized carbons (Fsp3) is 0.357. The minimum absolute atomic E-state index is 0.0193. The number of carboxylic acid groups (broad SMARTS) is 1. The standard InChI is InChI=1S/C14H19N3O6/c15-10(7-18)13(21)16-6-12(20)17-11(14(22)23)5-8-1-3-9(19)4-2-8/h1-4,10-11,18-19H,5-7,15H2,(H,16,21)(H,17,20)(H,22,23). The predicted molar refractivity (Wildman–Crippen MR) is 79.4 cm³/mol. The average molecular weight is 325 g/mol. The number of hydrogen-bond acceptors (Lipinski definition) is 6. The number of aliphatic hydroxyl groups is 1. The molecule has 2 unspecified atom stereocenters. The van der Waals surface area contributed by atoms with Crippen LogP contribution in [0, 0.1) is 0 Å². The molecular weight excluding hydrogens is 306 g/mol. The molecule has 1 aromatic carbocycles. The lowest BCUT2D eigenvalue weighted by atomic mass is 10.1. The number of nitrogens with two attached hydrogens (primary N) is 1. The second-order valence-corrected chi connectivity index (χ2v) is 4.84. The van der Waals surface area contributed by atoms with E-state index in [9.17, 15) is 19.5 Å². The van der Waals surface area contributed by atoms with E-state index in [1.165, 1.54) is 12.1 Å². The molecular formula is C14H19N3O6. The summed E-state index contributed by atoms with van der Waals surface area (Å²) in [6, 6.07) is 3.57. The van der Waals surface area contributed by atoms with Crippen LogP contribution in [0.4, 0.5) is 0 Å². The minimum Gasteiger partial charge on any atom is -0.508 e. The highest BCUT2D eigenvalue weighted by molar-refractivity contribution is 5.89. The van der Waals surface area contributed by atoms with Crippen molar-refractivity contribution in [2.75, 3.05) is 13.2 Å². The van der Waals surface area contributed by atoms with Gasteiger partial charge in [0.1, 0.15) is 17.8 Å². The Morgan fingerprint density at radius 1 is 1.17 bits per heavy atom. The average Bonchev–Trinajstić information content (AvgIpc) is 2.53. The van der Waals surface area contributed by atoms with Gasteiger partial charge in [-0.1, -0.05) is 12.1 Å². The first-order valence-corrected chi connectivity index (χ1v) is 6.77. The van der Waals surface area contributed by atoms with Crippen molar-refractivity contribution >= 4 is 17.8 Å². The van der Waals surface area contributed by atoms with Crippen LogP contribution < -0.4 is 16.4 Å². The van der Waals surface area contributed by atoms with Crippen molar-refractivity contribution in [1.29, 1.82) is 0 Å². The number of benzene rings is 1. The number of aliphatic hydroxyl groups excluding tert-OH is 1. The van der Waals surface area contributed by atoms with Gasteiger partial charge >= 0.3 is 5.97 Å². The van der Waals surface area contributed by atoms with Crippen LogP contribution >= 0.6 is 0 Å². The van der Waals surface area contributed by atoms with E-state index in [1.54, 1.807) is 12.1 Å². The Bertz CT molecular complexity index is 560. The van der Waals surface area contributed by atoms with Gasteiger partial charge < -0.3 is 31.7 Å². The number of phenols is 1. The molecule has 9 heteroatoms. The molecule has 0 spiro atoms. The van der Waals surface area contributed by atoms with Crippen LogP contribution in [0.15, 0.2) is 24.3 Å². The Balaban J connectivity index is 2.55. The van der Waals surface area contributed by atoms with Crippen LogP contribution in [0.2, 0.25) is 0 Å². The molecule has 0 fully saturated rings.